The lowest BCUT2D eigenvalue weighted by molar-refractivity contribution is 1.07. The van der Waals surface area contributed by atoms with Crippen molar-refractivity contribution in [2.45, 2.75) is 0 Å². The van der Waals surface area contributed by atoms with E-state index in [0.29, 0.717) is 17.5 Å². The highest BCUT2D eigenvalue weighted by atomic mass is 32.1. The van der Waals surface area contributed by atoms with Gasteiger partial charge in [0.2, 0.25) is 0 Å². The van der Waals surface area contributed by atoms with Crippen LogP contribution in [0.1, 0.15) is 0 Å². The Kier molecular flexibility index (Phi) is 8.36. The van der Waals surface area contributed by atoms with Crippen LogP contribution in [0.3, 0.4) is 0 Å². The molecule has 0 radical (unpaired) electrons. The molecule has 0 fully saturated rings. The normalized spacial score (nSPS) is 11.6. The highest BCUT2D eigenvalue weighted by Crippen LogP contribution is 2.41. The molecule has 61 heavy (non-hydrogen) atoms. The summed E-state index contributed by atoms with van der Waals surface area (Å²) >= 11 is 1.84. The molecule has 284 valence electrons. The van der Waals surface area contributed by atoms with Crippen molar-refractivity contribution in [1.82, 2.24) is 15.0 Å². The zero-order valence-corrected chi connectivity index (χ0v) is 33.8. The number of hydrogen-bond donors (Lipinski definition) is 0. The van der Waals surface area contributed by atoms with E-state index in [1.807, 2.05) is 17.4 Å². The van der Waals surface area contributed by atoms with E-state index in [1.54, 1.807) is 0 Å². The Hall–Kier alpha value is -7.79. The van der Waals surface area contributed by atoms with Gasteiger partial charge >= 0.3 is 0 Å². The fourth-order valence-electron chi connectivity index (χ4n) is 8.89. The van der Waals surface area contributed by atoms with Crippen LogP contribution in [-0.2, 0) is 0 Å². The molecule has 0 spiro atoms. The molecule has 0 aliphatic heterocycles. The summed E-state index contributed by atoms with van der Waals surface area (Å²) in [6.07, 6.45) is 0. The molecule has 10 aromatic carbocycles. The van der Waals surface area contributed by atoms with Gasteiger partial charge < -0.3 is 0 Å². The quantitative estimate of drug-likeness (QED) is 0.124. The lowest BCUT2D eigenvalue weighted by atomic mass is 9.89. The molecular formula is C57H35N3S. The van der Waals surface area contributed by atoms with Crippen LogP contribution in [0.5, 0.6) is 0 Å². The van der Waals surface area contributed by atoms with Crippen LogP contribution >= 0.6 is 11.3 Å². The smallest absolute Gasteiger partial charge is 0.164 e. The van der Waals surface area contributed by atoms with Crippen molar-refractivity contribution in [3.63, 3.8) is 0 Å². The van der Waals surface area contributed by atoms with Crippen LogP contribution in [-0.4, -0.2) is 15.0 Å². The Bertz CT molecular complexity index is 3650. The molecule has 0 saturated carbocycles. The van der Waals surface area contributed by atoms with Gasteiger partial charge in [-0.25, -0.2) is 15.0 Å². The van der Waals surface area contributed by atoms with Crippen molar-refractivity contribution >= 4 is 63.8 Å². The Morgan fingerprint density at radius 2 is 0.770 bits per heavy atom. The first-order valence-corrected chi connectivity index (χ1v) is 21.4. The molecule has 0 bridgehead atoms. The molecule has 0 amide bonds. The number of rotatable bonds is 6. The van der Waals surface area contributed by atoms with Crippen molar-refractivity contribution < 1.29 is 0 Å². The van der Waals surface area contributed by atoms with E-state index in [1.165, 1.54) is 58.1 Å². The Labute approximate surface area is 356 Å². The first kappa shape index (κ1) is 35.2. The first-order valence-electron chi connectivity index (χ1n) is 20.6. The molecule has 0 atom stereocenters. The Balaban J connectivity index is 0.996. The molecule has 2 heterocycles. The second-order valence-electron chi connectivity index (χ2n) is 15.6. The topological polar surface area (TPSA) is 38.7 Å². The van der Waals surface area contributed by atoms with Gasteiger partial charge in [-0.3, -0.25) is 0 Å². The van der Waals surface area contributed by atoms with E-state index in [0.717, 1.165) is 44.5 Å². The van der Waals surface area contributed by atoms with Crippen molar-refractivity contribution in [2.75, 3.05) is 0 Å². The largest absolute Gasteiger partial charge is 0.208 e. The average Bonchev–Trinajstić information content (AvgIpc) is 3.71. The van der Waals surface area contributed by atoms with E-state index in [2.05, 4.69) is 206 Å². The predicted octanol–water partition coefficient (Wildman–Crippen LogP) is 15.7. The fourth-order valence-corrected chi connectivity index (χ4v) is 9.98. The Morgan fingerprint density at radius 3 is 1.52 bits per heavy atom. The summed E-state index contributed by atoms with van der Waals surface area (Å²) in [5.41, 5.74) is 9.70. The van der Waals surface area contributed by atoms with Crippen LogP contribution in [0.15, 0.2) is 212 Å². The lowest BCUT2D eigenvalue weighted by Gasteiger charge is -2.15. The second kappa shape index (κ2) is 14.5. The summed E-state index contributed by atoms with van der Waals surface area (Å²) in [6, 6.07) is 75.9. The van der Waals surface area contributed by atoms with Gasteiger partial charge in [-0.05, 0) is 102 Å². The molecule has 4 heteroatoms. The number of hydrogen-bond acceptors (Lipinski definition) is 4. The maximum Gasteiger partial charge on any atom is 0.164 e. The van der Waals surface area contributed by atoms with E-state index in [-0.39, 0.29) is 0 Å². The van der Waals surface area contributed by atoms with E-state index in [9.17, 15) is 0 Å². The van der Waals surface area contributed by atoms with E-state index >= 15 is 0 Å². The summed E-state index contributed by atoms with van der Waals surface area (Å²) in [4.78, 5) is 15.6. The summed E-state index contributed by atoms with van der Waals surface area (Å²) in [5, 5.41) is 10.0. The number of aromatic nitrogens is 3. The zero-order valence-electron chi connectivity index (χ0n) is 33.0. The monoisotopic (exact) mass is 793 g/mol. The minimum absolute atomic E-state index is 0.627. The highest BCUT2D eigenvalue weighted by molar-refractivity contribution is 7.25. The molecule has 0 aliphatic carbocycles. The first-order chi connectivity index (χ1) is 30.2. The van der Waals surface area contributed by atoms with Gasteiger partial charge in [-0.1, -0.05) is 176 Å². The van der Waals surface area contributed by atoms with Gasteiger partial charge in [0, 0.05) is 36.9 Å². The van der Waals surface area contributed by atoms with Crippen molar-refractivity contribution in [3.05, 3.63) is 212 Å². The maximum absolute atomic E-state index is 5.21. The molecule has 2 aromatic heterocycles. The average molecular weight is 794 g/mol. The van der Waals surface area contributed by atoms with Gasteiger partial charge in [0.1, 0.15) is 0 Å². The van der Waals surface area contributed by atoms with E-state index < -0.39 is 0 Å². The van der Waals surface area contributed by atoms with Crippen LogP contribution < -0.4 is 0 Å². The van der Waals surface area contributed by atoms with Gasteiger partial charge in [0.15, 0.2) is 17.5 Å². The van der Waals surface area contributed by atoms with Crippen molar-refractivity contribution in [3.8, 4) is 67.5 Å². The Morgan fingerprint density at radius 1 is 0.246 bits per heavy atom. The van der Waals surface area contributed by atoms with Gasteiger partial charge in [0.25, 0.3) is 0 Å². The summed E-state index contributed by atoms with van der Waals surface area (Å²) in [5.74, 6) is 1.89. The van der Waals surface area contributed by atoms with Gasteiger partial charge in [-0.15, -0.1) is 11.3 Å². The van der Waals surface area contributed by atoms with Crippen LogP contribution in [0, 0.1) is 0 Å². The molecule has 0 aliphatic rings. The molecule has 12 rings (SSSR count). The van der Waals surface area contributed by atoms with Crippen LogP contribution in [0.25, 0.3) is 120 Å². The second-order valence-corrected chi connectivity index (χ2v) is 16.7. The number of nitrogens with zero attached hydrogens (tertiary/aromatic N) is 3. The standard InChI is InChI=1S/C57H35N3S/c1-2-12-36(13-3-1)40-16-10-18-44(32-40)56-58-55(59-57(60-56)45-19-11-17-41(33-45)42-29-31-53-51(34-42)48-22-8-9-23-52(48)61-53)39-26-24-38(25-27-39)54-47-21-7-5-15-43(47)35-50-46-20-6-4-14-37(46)28-30-49(50)54/h1-35H. The van der Waals surface area contributed by atoms with Gasteiger partial charge in [-0.2, -0.15) is 0 Å². The van der Waals surface area contributed by atoms with Crippen LogP contribution in [0.4, 0.5) is 0 Å². The zero-order chi connectivity index (χ0) is 40.3. The van der Waals surface area contributed by atoms with Crippen molar-refractivity contribution in [1.29, 1.82) is 0 Å². The minimum Gasteiger partial charge on any atom is -0.208 e. The summed E-state index contributed by atoms with van der Waals surface area (Å²) < 4.78 is 2.59. The molecule has 0 N–H and O–H groups in total. The SMILES string of the molecule is c1ccc(-c2cccc(-c3nc(-c4ccc(-c5c6ccccc6cc6c5ccc5ccccc56)cc4)nc(-c4cccc(-c5ccc6sc7ccccc7c6c5)c4)n3)c2)cc1. The number of benzene rings is 10. The number of fused-ring (bicyclic) bond motifs is 7. The predicted molar refractivity (Wildman–Crippen MR) is 258 cm³/mol. The molecule has 12 aromatic rings. The van der Waals surface area contributed by atoms with Gasteiger partial charge in [0.05, 0.1) is 0 Å². The third-order valence-corrected chi connectivity index (χ3v) is 13.0. The maximum atomic E-state index is 5.21. The summed E-state index contributed by atoms with van der Waals surface area (Å²) in [7, 11) is 0. The highest BCUT2D eigenvalue weighted by Gasteiger charge is 2.17. The minimum atomic E-state index is 0.627. The molecule has 0 saturated heterocycles. The lowest BCUT2D eigenvalue weighted by Crippen LogP contribution is -2.00. The number of thiophene rings is 1. The third kappa shape index (κ3) is 6.24. The van der Waals surface area contributed by atoms with Crippen LogP contribution in [0.2, 0.25) is 0 Å². The third-order valence-electron chi connectivity index (χ3n) is 11.9. The van der Waals surface area contributed by atoms with E-state index in [4.69, 9.17) is 15.0 Å². The molecular weight excluding hydrogens is 759 g/mol. The summed E-state index contributed by atoms with van der Waals surface area (Å²) in [6.45, 7) is 0. The molecule has 0 unspecified atom stereocenters. The van der Waals surface area contributed by atoms with Crippen molar-refractivity contribution in [2.24, 2.45) is 0 Å². The fraction of sp³-hybridized carbons (Fsp3) is 0. The molecule has 3 nitrogen and oxygen atoms in total.